The first-order chi connectivity index (χ1) is 6.77. The van der Waals surface area contributed by atoms with Gasteiger partial charge in [-0.15, -0.1) is 0 Å². The highest BCUT2D eigenvalue weighted by Crippen LogP contribution is 2.26. The molecule has 0 spiro atoms. The standard InChI is InChI=1S/C11H9FO2/c12-10-4-2-1-3-9(10)11-7-8(13)5-6-14-11/h1-6,11H,7H2/t11-/m0/s1. The van der Waals surface area contributed by atoms with E-state index in [-0.39, 0.29) is 18.0 Å². The average molecular weight is 192 g/mol. The van der Waals surface area contributed by atoms with Gasteiger partial charge in [-0.1, -0.05) is 18.2 Å². The number of benzene rings is 1. The van der Waals surface area contributed by atoms with Gasteiger partial charge in [-0.25, -0.2) is 4.39 Å². The number of rotatable bonds is 1. The molecule has 0 aliphatic carbocycles. The zero-order valence-electron chi connectivity index (χ0n) is 7.44. The molecular formula is C11H9FO2. The van der Waals surface area contributed by atoms with E-state index in [0.29, 0.717) is 5.56 Å². The molecule has 0 fully saturated rings. The highest BCUT2D eigenvalue weighted by Gasteiger charge is 2.21. The first-order valence-corrected chi connectivity index (χ1v) is 4.36. The van der Waals surface area contributed by atoms with Crippen molar-refractivity contribution in [2.45, 2.75) is 12.5 Å². The highest BCUT2D eigenvalue weighted by molar-refractivity contribution is 5.90. The number of allylic oxidation sites excluding steroid dienone is 1. The molecule has 1 aliphatic rings. The van der Waals surface area contributed by atoms with E-state index >= 15 is 0 Å². The van der Waals surface area contributed by atoms with Gasteiger partial charge in [-0.3, -0.25) is 4.79 Å². The summed E-state index contributed by atoms with van der Waals surface area (Å²) in [6.45, 7) is 0. The van der Waals surface area contributed by atoms with E-state index < -0.39 is 6.10 Å². The summed E-state index contributed by atoms with van der Waals surface area (Å²) in [4.78, 5) is 11.1. The van der Waals surface area contributed by atoms with Gasteiger partial charge in [-0.05, 0) is 6.07 Å². The summed E-state index contributed by atoms with van der Waals surface area (Å²) in [5.74, 6) is -0.370. The quantitative estimate of drug-likeness (QED) is 0.682. The Bertz CT molecular complexity index is 385. The van der Waals surface area contributed by atoms with E-state index in [2.05, 4.69) is 0 Å². The predicted octanol–water partition coefficient (Wildman–Crippen LogP) is 2.37. The van der Waals surface area contributed by atoms with Crippen LogP contribution in [0.25, 0.3) is 0 Å². The Labute approximate surface area is 81.0 Å². The van der Waals surface area contributed by atoms with Crippen molar-refractivity contribution in [3.8, 4) is 0 Å². The maximum atomic E-state index is 13.3. The summed E-state index contributed by atoms with van der Waals surface area (Å²) in [6.07, 6.45) is 2.41. The number of halogens is 1. The molecule has 72 valence electrons. The van der Waals surface area contributed by atoms with Crippen LogP contribution >= 0.6 is 0 Å². The van der Waals surface area contributed by atoms with Gasteiger partial charge in [0.05, 0.1) is 12.7 Å². The van der Waals surface area contributed by atoms with Crippen LogP contribution in [0.1, 0.15) is 18.1 Å². The monoisotopic (exact) mass is 192 g/mol. The van der Waals surface area contributed by atoms with Gasteiger partial charge in [0.15, 0.2) is 5.78 Å². The Morgan fingerprint density at radius 2 is 2.14 bits per heavy atom. The zero-order valence-corrected chi connectivity index (χ0v) is 7.44. The zero-order chi connectivity index (χ0) is 9.97. The fourth-order valence-electron chi connectivity index (χ4n) is 1.43. The Balaban J connectivity index is 2.28. The van der Waals surface area contributed by atoms with Gasteiger partial charge in [0, 0.05) is 11.6 Å². The van der Waals surface area contributed by atoms with E-state index in [1.807, 2.05) is 0 Å². The molecule has 0 unspecified atom stereocenters. The maximum absolute atomic E-state index is 13.3. The summed E-state index contributed by atoms with van der Waals surface area (Å²) < 4.78 is 18.5. The number of carbonyl (C=O) groups excluding carboxylic acids is 1. The van der Waals surface area contributed by atoms with Crippen LogP contribution in [0.15, 0.2) is 36.6 Å². The number of carbonyl (C=O) groups is 1. The molecule has 0 amide bonds. The lowest BCUT2D eigenvalue weighted by Gasteiger charge is -2.19. The van der Waals surface area contributed by atoms with Crippen LogP contribution in [0, 0.1) is 5.82 Å². The lowest BCUT2D eigenvalue weighted by Crippen LogP contribution is -2.12. The van der Waals surface area contributed by atoms with E-state index in [0.717, 1.165) is 0 Å². The minimum atomic E-state index is -0.478. The van der Waals surface area contributed by atoms with Crippen LogP contribution in [0.3, 0.4) is 0 Å². The van der Waals surface area contributed by atoms with E-state index in [1.54, 1.807) is 18.2 Å². The largest absolute Gasteiger partial charge is 0.493 e. The van der Waals surface area contributed by atoms with E-state index in [1.165, 1.54) is 18.4 Å². The molecule has 1 aromatic carbocycles. The van der Waals surface area contributed by atoms with Crippen molar-refractivity contribution in [3.05, 3.63) is 48.0 Å². The van der Waals surface area contributed by atoms with E-state index in [9.17, 15) is 9.18 Å². The lowest BCUT2D eigenvalue weighted by molar-refractivity contribution is -0.118. The Hall–Kier alpha value is -1.64. The summed E-state index contributed by atoms with van der Waals surface area (Å²) in [5.41, 5.74) is 0.435. The van der Waals surface area contributed by atoms with Crippen molar-refractivity contribution in [2.24, 2.45) is 0 Å². The molecule has 0 N–H and O–H groups in total. The van der Waals surface area contributed by atoms with Crippen molar-refractivity contribution in [1.29, 1.82) is 0 Å². The molecule has 1 heterocycles. The Morgan fingerprint density at radius 3 is 2.86 bits per heavy atom. The first kappa shape index (κ1) is 8.94. The summed E-state index contributed by atoms with van der Waals surface area (Å²) in [7, 11) is 0. The predicted molar refractivity (Wildman–Crippen MR) is 49.0 cm³/mol. The molecule has 1 aromatic rings. The maximum Gasteiger partial charge on any atom is 0.162 e. The van der Waals surface area contributed by atoms with Gasteiger partial charge in [0.2, 0.25) is 0 Å². The SMILES string of the molecule is O=C1C=CO[C@H](c2ccccc2F)C1. The average Bonchev–Trinajstić information content (AvgIpc) is 2.18. The second-order valence-electron chi connectivity index (χ2n) is 3.12. The molecule has 1 atom stereocenters. The smallest absolute Gasteiger partial charge is 0.162 e. The molecule has 0 saturated carbocycles. The Morgan fingerprint density at radius 1 is 1.36 bits per heavy atom. The topological polar surface area (TPSA) is 26.3 Å². The van der Waals surface area contributed by atoms with Crippen LogP contribution in [-0.4, -0.2) is 5.78 Å². The fraction of sp³-hybridized carbons (Fsp3) is 0.182. The third kappa shape index (κ3) is 1.66. The van der Waals surface area contributed by atoms with E-state index in [4.69, 9.17) is 4.74 Å². The minimum Gasteiger partial charge on any atom is -0.493 e. The summed E-state index contributed by atoms with van der Waals surface area (Å²) >= 11 is 0. The second-order valence-corrected chi connectivity index (χ2v) is 3.12. The van der Waals surface area contributed by atoms with Gasteiger partial charge in [0.25, 0.3) is 0 Å². The number of hydrogen-bond donors (Lipinski definition) is 0. The number of ketones is 1. The van der Waals surface area contributed by atoms with Crippen molar-refractivity contribution in [1.82, 2.24) is 0 Å². The summed E-state index contributed by atoms with van der Waals surface area (Å²) in [5, 5.41) is 0. The molecule has 0 saturated heterocycles. The molecule has 1 aliphatic heterocycles. The molecule has 14 heavy (non-hydrogen) atoms. The third-order valence-corrected chi connectivity index (χ3v) is 2.14. The number of hydrogen-bond acceptors (Lipinski definition) is 2. The number of ether oxygens (including phenoxy) is 1. The fourth-order valence-corrected chi connectivity index (χ4v) is 1.43. The van der Waals surface area contributed by atoms with Crippen LogP contribution in [-0.2, 0) is 9.53 Å². The van der Waals surface area contributed by atoms with Crippen molar-refractivity contribution in [3.63, 3.8) is 0 Å². The minimum absolute atomic E-state index is 0.0375. The molecule has 2 nitrogen and oxygen atoms in total. The lowest BCUT2D eigenvalue weighted by atomic mass is 10.0. The highest BCUT2D eigenvalue weighted by atomic mass is 19.1. The molecule has 0 bridgehead atoms. The van der Waals surface area contributed by atoms with Crippen LogP contribution in [0.5, 0.6) is 0 Å². The van der Waals surface area contributed by atoms with Gasteiger partial charge < -0.3 is 4.74 Å². The summed E-state index contributed by atoms with van der Waals surface area (Å²) in [6, 6.07) is 6.33. The van der Waals surface area contributed by atoms with Crippen LogP contribution in [0.4, 0.5) is 4.39 Å². The molecule has 2 rings (SSSR count). The van der Waals surface area contributed by atoms with Gasteiger partial charge >= 0.3 is 0 Å². The molecular weight excluding hydrogens is 183 g/mol. The van der Waals surface area contributed by atoms with Gasteiger partial charge in [-0.2, -0.15) is 0 Å². The molecule has 3 heteroatoms. The Kier molecular flexibility index (Phi) is 2.31. The van der Waals surface area contributed by atoms with Crippen LogP contribution in [0.2, 0.25) is 0 Å². The molecule has 0 radical (unpaired) electrons. The van der Waals surface area contributed by atoms with Gasteiger partial charge in [0.1, 0.15) is 11.9 Å². The molecule has 0 aromatic heterocycles. The normalized spacial score (nSPS) is 20.6. The third-order valence-electron chi connectivity index (χ3n) is 2.14. The second kappa shape index (κ2) is 3.62. The van der Waals surface area contributed by atoms with Crippen molar-refractivity contribution < 1.29 is 13.9 Å². The van der Waals surface area contributed by atoms with Crippen molar-refractivity contribution >= 4 is 5.78 Å². The first-order valence-electron chi connectivity index (χ1n) is 4.36. The van der Waals surface area contributed by atoms with Crippen molar-refractivity contribution in [2.75, 3.05) is 0 Å². The van der Waals surface area contributed by atoms with Crippen LogP contribution < -0.4 is 0 Å².